The van der Waals surface area contributed by atoms with E-state index in [1.54, 1.807) is 22.8 Å². The standard InChI is InChI=1S/C20H16N4O2/c1-24-17-5-3-2-4-16(17)23-20(24)14(11-21)19(26)13-6-8-15-12(10-13)7-9-18(25)22-15/h2-6,8,10,14H,7,9H2,1H3,(H,22,25)/t14-/m0/s1. The number of aryl methyl sites for hydroxylation is 2. The Kier molecular flexibility index (Phi) is 3.77. The largest absolute Gasteiger partial charge is 0.330 e. The molecule has 2 heterocycles. The molecule has 0 radical (unpaired) electrons. The fourth-order valence-electron chi connectivity index (χ4n) is 3.36. The van der Waals surface area contributed by atoms with Gasteiger partial charge in [-0.05, 0) is 42.3 Å². The summed E-state index contributed by atoms with van der Waals surface area (Å²) >= 11 is 0. The normalized spacial score (nSPS) is 14.4. The first-order chi connectivity index (χ1) is 12.6. The molecule has 0 saturated heterocycles. The minimum absolute atomic E-state index is 0.0221. The number of imidazole rings is 1. The predicted octanol–water partition coefficient (Wildman–Crippen LogP) is 2.95. The summed E-state index contributed by atoms with van der Waals surface area (Å²) in [6.45, 7) is 0. The minimum atomic E-state index is -0.983. The van der Waals surface area contributed by atoms with E-state index in [0.29, 0.717) is 24.2 Å². The molecule has 1 aliphatic rings. The van der Waals surface area contributed by atoms with E-state index in [2.05, 4.69) is 16.4 Å². The molecular formula is C20H16N4O2. The molecule has 4 rings (SSSR count). The van der Waals surface area contributed by atoms with E-state index in [0.717, 1.165) is 22.3 Å². The molecule has 2 aromatic carbocycles. The molecule has 1 N–H and O–H groups in total. The molecule has 1 aromatic heterocycles. The van der Waals surface area contributed by atoms with Crippen LogP contribution in [0.2, 0.25) is 0 Å². The number of amides is 1. The molecule has 3 aromatic rings. The second-order valence-electron chi connectivity index (χ2n) is 6.36. The van der Waals surface area contributed by atoms with Gasteiger partial charge in [0.25, 0.3) is 0 Å². The molecule has 0 spiro atoms. The van der Waals surface area contributed by atoms with Crippen LogP contribution in [0.25, 0.3) is 11.0 Å². The average Bonchev–Trinajstić information content (AvgIpc) is 2.99. The maximum Gasteiger partial charge on any atom is 0.224 e. The highest BCUT2D eigenvalue weighted by atomic mass is 16.1. The topological polar surface area (TPSA) is 87.8 Å². The molecular weight excluding hydrogens is 328 g/mol. The Morgan fingerprint density at radius 2 is 2.08 bits per heavy atom. The van der Waals surface area contributed by atoms with E-state index >= 15 is 0 Å². The Labute approximate surface area is 150 Å². The molecule has 1 amide bonds. The number of benzene rings is 2. The van der Waals surface area contributed by atoms with Crippen LogP contribution in [0.3, 0.4) is 0 Å². The first kappa shape index (κ1) is 16.0. The van der Waals surface area contributed by atoms with Crippen LogP contribution >= 0.6 is 0 Å². The lowest BCUT2D eigenvalue weighted by atomic mass is 9.93. The summed E-state index contributed by atoms with van der Waals surface area (Å²) in [6.07, 6.45) is 0.989. The van der Waals surface area contributed by atoms with Crippen LogP contribution in [0.4, 0.5) is 5.69 Å². The highest BCUT2D eigenvalue weighted by molar-refractivity contribution is 6.04. The summed E-state index contributed by atoms with van der Waals surface area (Å²) in [4.78, 5) is 29.0. The molecule has 0 saturated carbocycles. The lowest BCUT2D eigenvalue weighted by molar-refractivity contribution is -0.116. The van der Waals surface area contributed by atoms with Crippen molar-refractivity contribution < 1.29 is 9.59 Å². The van der Waals surface area contributed by atoms with Crippen molar-refractivity contribution in [2.24, 2.45) is 7.05 Å². The van der Waals surface area contributed by atoms with Gasteiger partial charge in [-0.1, -0.05) is 12.1 Å². The van der Waals surface area contributed by atoms with Gasteiger partial charge in [0.05, 0.1) is 17.1 Å². The highest BCUT2D eigenvalue weighted by Crippen LogP contribution is 2.28. The van der Waals surface area contributed by atoms with Crippen LogP contribution in [0.5, 0.6) is 0 Å². The second kappa shape index (κ2) is 6.12. The van der Waals surface area contributed by atoms with Gasteiger partial charge in [-0.2, -0.15) is 5.26 Å². The second-order valence-corrected chi connectivity index (χ2v) is 6.36. The highest BCUT2D eigenvalue weighted by Gasteiger charge is 2.28. The van der Waals surface area contributed by atoms with Crippen molar-refractivity contribution in [2.45, 2.75) is 18.8 Å². The van der Waals surface area contributed by atoms with Crippen LogP contribution in [-0.4, -0.2) is 21.2 Å². The number of para-hydroxylation sites is 2. The first-order valence-electron chi connectivity index (χ1n) is 8.36. The number of carbonyl (C=O) groups is 2. The molecule has 0 aliphatic carbocycles. The Morgan fingerprint density at radius 3 is 2.85 bits per heavy atom. The van der Waals surface area contributed by atoms with Crippen molar-refractivity contribution in [3.8, 4) is 6.07 Å². The van der Waals surface area contributed by atoms with Gasteiger partial charge in [0.2, 0.25) is 5.91 Å². The third-order valence-electron chi connectivity index (χ3n) is 4.76. The SMILES string of the molecule is Cn1c([C@@H](C#N)C(=O)c2ccc3c(c2)CCC(=O)N3)nc2ccccc21. The van der Waals surface area contributed by atoms with E-state index < -0.39 is 5.92 Å². The summed E-state index contributed by atoms with van der Waals surface area (Å²) in [5.41, 5.74) is 3.74. The molecule has 6 nitrogen and oxygen atoms in total. The molecule has 6 heteroatoms. The Balaban J connectivity index is 1.73. The number of carbonyl (C=O) groups excluding carboxylic acids is 2. The maximum absolute atomic E-state index is 13.0. The third kappa shape index (κ3) is 2.54. The molecule has 128 valence electrons. The number of hydrogen-bond donors (Lipinski definition) is 1. The summed E-state index contributed by atoms with van der Waals surface area (Å²) in [5, 5.41) is 12.4. The number of anilines is 1. The van der Waals surface area contributed by atoms with Crippen LogP contribution < -0.4 is 5.32 Å². The van der Waals surface area contributed by atoms with Crippen LogP contribution in [0.1, 0.15) is 34.1 Å². The number of nitrogens with zero attached hydrogens (tertiary/aromatic N) is 3. The Morgan fingerprint density at radius 1 is 1.27 bits per heavy atom. The van der Waals surface area contributed by atoms with E-state index in [9.17, 15) is 14.9 Å². The zero-order chi connectivity index (χ0) is 18.3. The number of nitriles is 1. The van der Waals surface area contributed by atoms with E-state index in [1.165, 1.54) is 0 Å². The summed E-state index contributed by atoms with van der Waals surface area (Å²) in [7, 11) is 1.81. The maximum atomic E-state index is 13.0. The van der Waals surface area contributed by atoms with E-state index in [-0.39, 0.29) is 11.7 Å². The number of fused-ring (bicyclic) bond motifs is 2. The molecule has 26 heavy (non-hydrogen) atoms. The van der Waals surface area contributed by atoms with Crippen LogP contribution in [0.15, 0.2) is 42.5 Å². The monoisotopic (exact) mass is 344 g/mol. The number of aromatic nitrogens is 2. The van der Waals surface area contributed by atoms with Gasteiger partial charge in [0, 0.05) is 24.7 Å². The van der Waals surface area contributed by atoms with E-state index in [1.807, 2.05) is 31.3 Å². The van der Waals surface area contributed by atoms with Crippen molar-refractivity contribution in [3.63, 3.8) is 0 Å². The van der Waals surface area contributed by atoms with Gasteiger partial charge in [-0.25, -0.2) is 4.98 Å². The van der Waals surface area contributed by atoms with Crippen molar-refractivity contribution in [1.82, 2.24) is 9.55 Å². The molecule has 1 aliphatic heterocycles. The molecule has 0 fully saturated rings. The van der Waals surface area contributed by atoms with Crippen molar-refractivity contribution in [3.05, 3.63) is 59.4 Å². The van der Waals surface area contributed by atoms with Crippen LogP contribution in [0, 0.1) is 11.3 Å². The quantitative estimate of drug-likeness (QED) is 0.740. The predicted molar refractivity (Wildman–Crippen MR) is 96.8 cm³/mol. The molecule has 0 unspecified atom stereocenters. The zero-order valence-electron chi connectivity index (χ0n) is 14.2. The van der Waals surface area contributed by atoms with Crippen LogP contribution in [-0.2, 0) is 18.3 Å². The lowest BCUT2D eigenvalue weighted by Gasteiger charge is -2.18. The van der Waals surface area contributed by atoms with Gasteiger partial charge in [0.15, 0.2) is 11.7 Å². The zero-order valence-corrected chi connectivity index (χ0v) is 14.2. The molecule has 1 atom stereocenters. The summed E-state index contributed by atoms with van der Waals surface area (Å²) < 4.78 is 1.79. The fourth-order valence-corrected chi connectivity index (χ4v) is 3.36. The summed E-state index contributed by atoms with van der Waals surface area (Å²) in [6, 6.07) is 14.8. The minimum Gasteiger partial charge on any atom is -0.330 e. The number of ketones is 1. The fraction of sp³-hybridized carbons (Fsp3) is 0.200. The molecule has 0 bridgehead atoms. The first-order valence-corrected chi connectivity index (χ1v) is 8.36. The number of rotatable bonds is 3. The van der Waals surface area contributed by atoms with Crippen molar-refractivity contribution >= 4 is 28.4 Å². The smallest absolute Gasteiger partial charge is 0.224 e. The Bertz CT molecular complexity index is 1090. The number of hydrogen-bond acceptors (Lipinski definition) is 4. The van der Waals surface area contributed by atoms with E-state index in [4.69, 9.17) is 0 Å². The van der Waals surface area contributed by atoms with Gasteiger partial charge in [-0.15, -0.1) is 0 Å². The summed E-state index contributed by atoms with van der Waals surface area (Å²) in [5.74, 6) is -0.856. The van der Waals surface area contributed by atoms with Gasteiger partial charge in [0.1, 0.15) is 5.82 Å². The van der Waals surface area contributed by atoms with Gasteiger partial charge in [-0.3, -0.25) is 9.59 Å². The number of Topliss-reactive ketones (excluding diaryl/α,β-unsaturated/α-hetero) is 1. The number of nitrogens with one attached hydrogen (secondary N) is 1. The van der Waals surface area contributed by atoms with Gasteiger partial charge < -0.3 is 9.88 Å². The Hall–Kier alpha value is -3.46. The van der Waals surface area contributed by atoms with Gasteiger partial charge >= 0.3 is 0 Å². The van der Waals surface area contributed by atoms with Crippen molar-refractivity contribution in [2.75, 3.05) is 5.32 Å². The van der Waals surface area contributed by atoms with Crippen molar-refractivity contribution in [1.29, 1.82) is 5.26 Å². The third-order valence-corrected chi connectivity index (χ3v) is 4.76. The average molecular weight is 344 g/mol. The lowest BCUT2D eigenvalue weighted by Crippen LogP contribution is -2.20.